The van der Waals surface area contributed by atoms with Crippen LogP contribution in [0.1, 0.15) is 16.7 Å². The zero-order chi connectivity index (χ0) is 19.2. The van der Waals surface area contributed by atoms with Crippen LogP contribution in [0.25, 0.3) is 6.08 Å². The van der Waals surface area contributed by atoms with Crippen LogP contribution in [0.5, 0.6) is 0 Å². The van der Waals surface area contributed by atoms with Gasteiger partial charge < -0.3 is 5.32 Å². The number of halogens is 2. The van der Waals surface area contributed by atoms with Gasteiger partial charge in [-0.05, 0) is 41.9 Å². The highest BCUT2D eigenvalue weighted by atomic mass is 35.5. The van der Waals surface area contributed by atoms with Gasteiger partial charge in [-0.1, -0.05) is 41.9 Å². The van der Waals surface area contributed by atoms with Gasteiger partial charge in [-0.25, -0.2) is 17.5 Å². The number of nitrogens with one attached hydrogen (secondary N) is 2. The minimum absolute atomic E-state index is 0.0211. The third kappa shape index (κ3) is 5.94. The Hall–Kier alpha value is -2.22. The molecule has 2 aromatic rings. The second-order valence-electron chi connectivity index (χ2n) is 5.46. The van der Waals surface area contributed by atoms with E-state index in [-0.39, 0.29) is 23.2 Å². The van der Waals surface area contributed by atoms with Crippen LogP contribution in [0.15, 0.2) is 48.5 Å². The van der Waals surface area contributed by atoms with Gasteiger partial charge in [0.1, 0.15) is 5.82 Å². The molecule has 0 saturated heterocycles. The largest absolute Gasteiger partial charge is 0.348 e. The van der Waals surface area contributed by atoms with Gasteiger partial charge in [0, 0.05) is 12.6 Å². The number of amides is 1. The molecule has 0 aliphatic carbocycles. The summed E-state index contributed by atoms with van der Waals surface area (Å²) < 4.78 is 38.8. The molecule has 8 heteroatoms. The van der Waals surface area contributed by atoms with Gasteiger partial charge >= 0.3 is 0 Å². The van der Waals surface area contributed by atoms with Crippen molar-refractivity contribution in [1.82, 2.24) is 10.0 Å². The third-order valence-corrected chi connectivity index (χ3v) is 5.20. The molecule has 2 rings (SSSR count). The fourth-order valence-corrected chi connectivity index (χ4v) is 3.20. The molecule has 0 heterocycles. The van der Waals surface area contributed by atoms with E-state index in [1.165, 1.54) is 37.4 Å². The molecule has 2 aromatic carbocycles. The predicted molar refractivity (Wildman–Crippen MR) is 100 cm³/mol. The average Bonchev–Trinajstić information content (AvgIpc) is 2.61. The lowest BCUT2D eigenvalue weighted by Gasteiger charge is -2.10. The van der Waals surface area contributed by atoms with E-state index in [1.807, 2.05) is 0 Å². The third-order valence-electron chi connectivity index (χ3n) is 3.60. The topological polar surface area (TPSA) is 75.3 Å². The Labute approximate surface area is 156 Å². The van der Waals surface area contributed by atoms with Crippen LogP contribution in [0.2, 0.25) is 5.02 Å². The Morgan fingerprint density at radius 3 is 2.54 bits per heavy atom. The molecule has 1 amide bonds. The SMILES string of the molecule is CNS(=O)(=O)Cc1ccccc1CNC(=O)C=Cc1ccc(F)c(Cl)c1. The molecule has 26 heavy (non-hydrogen) atoms. The molecule has 2 N–H and O–H groups in total. The summed E-state index contributed by atoms with van der Waals surface area (Å²) in [6.07, 6.45) is 2.81. The zero-order valence-electron chi connectivity index (χ0n) is 14.0. The Balaban J connectivity index is 2.01. The monoisotopic (exact) mass is 396 g/mol. The highest BCUT2D eigenvalue weighted by Gasteiger charge is 2.12. The average molecular weight is 397 g/mol. The molecule has 0 radical (unpaired) electrons. The summed E-state index contributed by atoms with van der Waals surface area (Å²) in [4.78, 5) is 12.0. The van der Waals surface area contributed by atoms with Gasteiger partial charge in [-0.3, -0.25) is 4.79 Å². The maximum atomic E-state index is 13.1. The van der Waals surface area contributed by atoms with E-state index in [4.69, 9.17) is 11.6 Å². The summed E-state index contributed by atoms with van der Waals surface area (Å²) in [5, 5.41) is 2.67. The van der Waals surface area contributed by atoms with Crippen molar-refractivity contribution in [3.8, 4) is 0 Å². The van der Waals surface area contributed by atoms with E-state index >= 15 is 0 Å². The van der Waals surface area contributed by atoms with E-state index in [2.05, 4.69) is 10.0 Å². The number of rotatable bonds is 7. The highest BCUT2D eigenvalue weighted by Crippen LogP contribution is 2.17. The van der Waals surface area contributed by atoms with Crippen molar-refractivity contribution in [1.29, 1.82) is 0 Å². The van der Waals surface area contributed by atoms with Crippen LogP contribution in [0.4, 0.5) is 4.39 Å². The van der Waals surface area contributed by atoms with E-state index in [9.17, 15) is 17.6 Å². The van der Waals surface area contributed by atoms with Gasteiger partial charge in [0.25, 0.3) is 0 Å². The molecule has 0 aliphatic heterocycles. The molecule has 5 nitrogen and oxygen atoms in total. The van der Waals surface area contributed by atoms with E-state index < -0.39 is 15.8 Å². The lowest BCUT2D eigenvalue weighted by molar-refractivity contribution is -0.116. The number of sulfonamides is 1. The summed E-state index contributed by atoms with van der Waals surface area (Å²) in [6, 6.07) is 11.1. The van der Waals surface area contributed by atoms with Crippen molar-refractivity contribution >= 4 is 33.6 Å². The van der Waals surface area contributed by atoms with Gasteiger partial charge in [0.15, 0.2) is 0 Å². The van der Waals surface area contributed by atoms with Crippen LogP contribution in [0.3, 0.4) is 0 Å². The van der Waals surface area contributed by atoms with Gasteiger partial charge in [0.05, 0.1) is 10.8 Å². The van der Waals surface area contributed by atoms with Gasteiger partial charge in [-0.15, -0.1) is 0 Å². The van der Waals surface area contributed by atoms with E-state index in [1.54, 1.807) is 24.3 Å². The second-order valence-corrected chi connectivity index (χ2v) is 7.79. The first kappa shape index (κ1) is 20.1. The van der Waals surface area contributed by atoms with Crippen molar-refractivity contribution in [2.45, 2.75) is 12.3 Å². The molecule has 0 saturated carbocycles. The molecule has 0 aliphatic rings. The summed E-state index contributed by atoms with van der Waals surface area (Å²) >= 11 is 5.69. The molecular formula is C18H18ClFN2O3S. The smallest absolute Gasteiger partial charge is 0.244 e. The fourth-order valence-electron chi connectivity index (χ4n) is 2.18. The molecule has 138 valence electrons. The molecule has 0 spiro atoms. The maximum absolute atomic E-state index is 13.1. The summed E-state index contributed by atoms with van der Waals surface area (Å²) in [6.45, 7) is 0.183. The second kappa shape index (κ2) is 8.93. The summed E-state index contributed by atoms with van der Waals surface area (Å²) in [5.41, 5.74) is 1.90. The minimum atomic E-state index is -3.41. The Kier molecular flexibility index (Phi) is 6.90. The molecule has 0 aromatic heterocycles. The minimum Gasteiger partial charge on any atom is -0.348 e. The molecular weight excluding hydrogens is 379 g/mol. The van der Waals surface area contributed by atoms with Gasteiger partial charge in [0.2, 0.25) is 15.9 Å². The number of carbonyl (C=O) groups excluding carboxylic acids is 1. The Bertz CT molecular complexity index is 930. The van der Waals surface area contributed by atoms with Crippen LogP contribution in [-0.4, -0.2) is 21.4 Å². The molecule has 0 fully saturated rings. The van der Waals surface area contributed by atoms with Crippen LogP contribution in [-0.2, 0) is 27.1 Å². The summed E-state index contributed by atoms with van der Waals surface area (Å²) in [7, 11) is -2.05. The Morgan fingerprint density at radius 1 is 1.19 bits per heavy atom. The molecule has 0 unspecified atom stereocenters. The Morgan fingerprint density at radius 2 is 1.88 bits per heavy atom. The first-order chi connectivity index (χ1) is 12.3. The van der Waals surface area contributed by atoms with Crippen molar-refractivity contribution in [3.63, 3.8) is 0 Å². The highest BCUT2D eigenvalue weighted by molar-refractivity contribution is 7.88. The lowest BCUT2D eigenvalue weighted by atomic mass is 10.1. The quantitative estimate of drug-likeness (QED) is 0.706. The van der Waals surface area contributed by atoms with Crippen LogP contribution in [0, 0.1) is 5.82 Å². The maximum Gasteiger partial charge on any atom is 0.244 e. The normalized spacial score (nSPS) is 11.7. The number of hydrogen-bond donors (Lipinski definition) is 2. The molecule has 0 atom stereocenters. The molecule has 0 bridgehead atoms. The van der Waals surface area contributed by atoms with Crippen molar-refractivity contribution in [2.24, 2.45) is 0 Å². The number of hydrogen-bond acceptors (Lipinski definition) is 3. The first-order valence-corrected chi connectivity index (χ1v) is 9.73. The standard InChI is InChI=1S/C18H18ClFN2O3S/c1-21-26(24,25)12-15-5-3-2-4-14(15)11-22-18(23)9-7-13-6-8-17(20)16(19)10-13/h2-10,21H,11-12H2,1H3,(H,22,23). The summed E-state index contributed by atoms with van der Waals surface area (Å²) in [5.74, 6) is -1.06. The van der Waals surface area contributed by atoms with E-state index in [0.717, 1.165) is 0 Å². The van der Waals surface area contributed by atoms with Gasteiger partial charge in [-0.2, -0.15) is 0 Å². The van der Waals surface area contributed by atoms with Crippen molar-refractivity contribution in [3.05, 3.63) is 76.1 Å². The predicted octanol–water partition coefficient (Wildman–Crippen LogP) is 2.86. The number of carbonyl (C=O) groups is 1. The van der Waals surface area contributed by atoms with Crippen molar-refractivity contribution in [2.75, 3.05) is 7.05 Å². The van der Waals surface area contributed by atoms with Crippen LogP contribution >= 0.6 is 11.6 Å². The van der Waals surface area contributed by atoms with Crippen LogP contribution < -0.4 is 10.0 Å². The first-order valence-electron chi connectivity index (χ1n) is 7.69. The van der Waals surface area contributed by atoms with E-state index in [0.29, 0.717) is 16.7 Å². The lowest BCUT2D eigenvalue weighted by Crippen LogP contribution is -2.24. The fraction of sp³-hybridized carbons (Fsp3) is 0.167. The number of benzene rings is 2. The zero-order valence-corrected chi connectivity index (χ0v) is 15.6. The van der Waals surface area contributed by atoms with Crippen molar-refractivity contribution < 1.29 is 17.6 Å².